The van der Waals surface area contributed by atoms with Gasteiger partial charge in [0.05, 0.1) is 0 Å². The third-order valence-corrected chi connectivity index (χ3v) is 12.4. The Hall–Kier alpha value is 0.850. The molecular formula is C7H14O20P6. The summed E-state index contributed by atoms with van der Waals surface area (Å²) < 4.78 is 102. The minimum atomic E-state index is -5.54. The van der Waals surface area contributed by atoms with E-state index in [2.05, 4.69) is 23.8 Å². The molecule has 0 bridgehead atoms. The van der Waals surface area contributed by atoms with Crippen molar-refractivity contribution in [3.05, 3.63) is 0 Å². The quantitative estimate of drug-likeness (QED) is 0.200. The van der Waals surface area contributed by atoms with Gasteiger partial charge in [-0.15, -0.1) is 0 Å². The molecule has 3 aliphatic heterocycles. The van der Waals surface area contributed by atoms with Crippen molar-refractivity contribution in [1.82, 2.24) is 0 Å². The largest absolute Gasteiger partial charge is 0.481 e. The summed E-state index contributed by atoms with van der Waals surface area (Å²) in [6.45, 7) is 0. The normalized spacial score (nSPS) is 62.0. The second kappa shape index (κ2) is 8.17. The molecule has 20 nitrogen and oxygen atoms in total. The van der Waals surface area contributed by atoms with Crippen LogP contribution in [0.3, 0.4) is 0 Å². The molecular weight excluding hydrogens is 590 g/mol. The minimum Gasteiger partial charge on any atom is -0.333 e. The summed E-state index contributed by atoms with van der Waals surface area (Å²) in [5.41, 5.74) is 0. The highest BCUT2D eigenvalue weighted by molar-refractivity contribution is 7.67. The van der Waals surface area contributed by atoms with Crippen molar-refractivity contribution in [3.8, 4) is 0 Å². The summed E-state index contributed by atoms with van der Waals surface area (Å²) in [6.07, 6.45) is -10.5. The molecule has 12 unspecified atom stereocenters. The van der Waals surface area contributed by atoms with Gasteiger partial charge in [-0.25, -0.2) is 27.1 Å². The van der Waals surface area contributed by atoms with E-state index in [4.69, 9.17) is 22.6 Å². The van der Waals surface area contributed by atoms with Crippen LogP contribution in [-0.2, 0) is 62.9 Å². The first kappa shape index (κ1) is 26.9. The zero-order chi connectivity index (χ0) is 24.8. The van der Waals surface area contributed by atoms with Gasteiger partial charge in [-0.2, -0.15) is 8.62 Å². The number of phosphoric acid groups is 5. The van der Waals surface area contributed by atoms with Gasteiger partial charge in [0, 0.05) is 0 Å². The van der Waals surface area contributed by atoms with Crippen molar-refractivity contribution >= 4 is 53.0 Å². The first-order chi connectivity index (χ1) is 14.7. The molecule has 0 aromatic rings. The Morgan fingerprint density at radius 3 is 0.909 bits per heavy atom. The highest BCUT2D eigenvalue weighted by Crippen LogP contribution is 2.72. The number of phosphoric ester groups is 5. The Kier molecular flexibility index (Phi) is 6.66. The smallest absolute Gasteiger partial charge is 0.333 e. The van der Waals surface area contributed by atoms with E-state index >= 15 is 0 Å². The molecule has 4 aliphatic rings. The lowest BCUT2D eigenvalue weighted by Crippen LogP contribution is -2.65. The predicted octanol–water partition coefficient (Wildman–Crippen LogP) is 0.0907. The molecule has 0 aromatic heterocycles. The van der Waals surface area contributed by atoms with Crippen LogP contribution in [0.2, 0.25) is 0 Å². The number of hydrogen-bond acceptors (Lipinski definition) is 15. The van der Waals surface area contributed by atoms with E-state index in [9.17, 15) is 52.2 Å². The highest BCUT2D eigenvalue weighted by Gasteiger charge is 2.67. The molecule has 3 heterocycles. The van der Waals surface area contributed by atoms with E-state index in [1.165, 1.54) is 0 Å². The molecule has 26 heteroatoms. The fourth-order valence-corrected chi connectivity index (χ4v) is 11.0. The van der Waals surface area contributed by atoms with Crippen LogP contribution < -0.4 is 0 Å². The monoisotopic (exact) mass is 604 g/mol. The lowest BCUT2D eigenvalue weighted by atomic mass is 9.85. The summed E-state index contributed by atoms with van der Waals surface area (Å²) >= 11 is 0. The van der Waals surface area contributed by atoms with Crippen LogP contribution >= 0.6 is 46.7 Å². The Bertz CT molecular complexity index is 896. The van der Waals surface area contributed by atoms with Crippen LogP contribution in [0.25, 0.3) is 0 Å². The van der Waals surface area contributed by atoms with Gasteiger partial charge in [0.15, 0.2) is 0 Å². The van der Waals surface area contributed by atoms with Gasteiger partial charge in [0.1, 0.15) is 36.6 Å². The molecule has 1 saturated carbocycles. The molecule has 0 spiro atoms. The van der Waals surface area contributed by atoms with E-state index in [0.717, 1.165) is 0 Å². The van der Waals surface area contributed by atoms with E-state index in [-0.39, 0.29) is 0 Å². The van der Waals surface area contributed by atoms with Crippen LogP contribution in [0.1, 0.15) is 0 Å². The Balaban J connectivity index is 1.92. The first-order valence-electron chi connectivity index (χ1n) is 8.03. The molecule has 1 aliphatic carbocycles. The summed E-state index contributed by atoms with van der Waals surface area (Å²) in [7, 11) is -32.0. The maximum Gasteiger partial charge on any atom is 0.481 e. The van der Waals surface area contributed by atoms with E-state index < -0.39 is 83.3 Å². The van der Waals surface area contributed by atoms with Gasteiger partial charge < -0.3 is 33.9 Å². The summed E-state index contributed by atoms with van der Waals surface area (Å²) in [5.74, 6) is 0. The average Bonchev–Trinajstić information content (AvgIpc) is 2.74. The summed E-state index contributed by atoms with van der Waals surface area (Å²) in [5, 5.41) is 0. The Labute approximate surface area is 182 Å². The fourth-order valence-electron chi connectivity index (χ4n) is 3.34. The molecule has 0 aromatic carbocycles. The van der Waals surface area contributed by atoms with Crippen LogP contribution in [0.5, 0.6) is 0 Å². The molecule has 0 radical (unpaired) electrons. The number of fused-ring (bicyclic) bond motifs is 6. The Morgan fingerprint density at radius 1 is 0.424 bits per heavy atom. The van der Waals surface area contributed by atoms with Crippen LogP contribution in [0.15, 0.2) is 0 Å². The van der Waals surface area contributed by atoms with E-state index in [0.29, 0.717) is 0 Å². The number of hydrogen-bond donors (Lipinski definition) is 6. The van der Waals surface area contributed by atoms with Crippen molar-refractivity contribution in [2.24, 2.45) is 0 Å². The minimum absolute atomic E-state index is 2.16. The van der Waals surface area contributed by atoms with Gasteiger partial charge in [-0.05, 0) is 6.30 Å². The number of rotatable bonds is 0. The van der Waals surface area contributed by atoms with Crippen molar-refractivity contribution in [2.45, 2.75) is 36.6 Å². The molecule has 192 valence electrons. The van der Waals surface area contributed by atoms with E-state index in [1.807, 2.05) is 0 Å². The zero-order valence-electron chi connectivity index (χ0n) is 15.3. The van der Waals surface area contributed by atoms with E-state index in [1.54, 1.807) is 0 Å². The maximum atomic E-state index is 12.2. The van der Waals surface area contributed by atoms with Crippen molar-refractivity contribution in [1.29, 1.82) is 0 Å². The molecule has 4 rings (SSSR count). The van der Waals surface area contributed by atoms with Crippen LogP contribution in [0.4, 0.5) is 0 Å². The zero-order valence-corrected chi connectivity index (χ0v) is 20.6. The lowest BCUT2D eigenvalue weighted by molar-refractivity contribution is -0.184. The third kappa shape index (κ3) is 5.89. The van der Waals surface area contributed by atoms with Crippen LogP contribution in [0, 0.1) is 0 Å². The van der Waals surface area contributed by atoms with Gasteiger partial charge >= 0.3 is 39.1 Å². The molecule has 4 fully saturated rings. The fraction of sp³-hybridized carbons (Fsp3) is 0.857. The topological polar surface area (TPSA) is 290 Å². The maximum absolute atomic E-state index is 12.2. The second-order valence-corrected chi connectivity index (χ2v) is 15.8. The van der Waals surface area contributed by atoms with Crippen molar-refractivity contribution in [3.63, 3.8) is 0 Å². The standard InChI is InChI=1S/C7H14O20P6/c1-28(8)19-2-3(20-29(9,10)25-28)5-7(24-33(17,18)27-31(13,14)22-5)6-4(2)21-30(11,12)26-32(15,16)23-6/h2-8H,1H2,(H,9,10)(H,11,12)(H,13,14)(H,15,16)(H,17,18). The van der Waals surface area contributed by atoms with Gasteiger partial charge in [0.25, 0.3) is 7.57 Å². The van der Waals surface area contributed by atoms with Gasteiger partial charge in [-0.3, -0.25) is 22.6 Å². The summed E-state index contributed by atoms with van der Waals surface area (Å²) in [4.78, 5) is 59.1. The average molecular weight is 604 g/mol. The molecule has 12 atom stereocenters. The SMILES string of the molecule is C=P1(O)OC2C(OP(=O)(O)O1)C1OP(=O)(O)OP(=O)(O)OC1C1OP(=O)(O)OP(=O)(O)OC21. The van der Waals surface area contributed by atoms with Gasteiger partial charge in [0.2, 0.25) is 0 Å². The van der Waals surface area contributed by atoms with Crippen molar-refractivity contribution in [2.75, 3.05) is 0 Å². The molecule has 0 amide bonds. The lowest BCUT2D eigenvalue weighted by Gasteiger charge is -2.45. The van der Waals surface area contributed by atoms with Crippen molar-refractivity contribution < 1.29 is 92.3 Å². The van der Waals surface area contributed by atoms with Crippen LogP contribution in [-0.4, -0.2) is 72.3 Å². The second-order valence-electron chi connectivity index (χ2n) is 6.65. The Morgan fingerprint density at radius 2 is 0.636 bits per heavy atom. The molecule has 6 N–H and O–H groups in total. The highest BCUT2D eigenvalue weighted by atomic mass is 31.3. The third-order valence-electron chi connectivity index (χ3n) is 4.15. The molecule has 33 heavy (non-hydrogen) atoms. The summed E-state index contributed by atoms with van der Waals surface area (Å²) in [6, 6.07) is 0. The first-order valence-corrected chi connectivity index (χ1v) is 17.3. The predicted molar refractivity (Wildman–Crippen MR) is 97.9 cm³/mol. The molecule has 3 saturated heterocycles. The van der Waals surface area contributed by atoms with Gasteiger partial charge in [-0.1, -0.05) is 0 Å².